The maximum Gasteiger partial charge on any atom is 0.158 e. The third-order valence-electron chi connectivity index (χ3n) is 2.97. The number of aliphatic hydroxyl groups is 1. The summed E-state index contributed by atoms with van der Waals surface area (Å²) in [4.78, 5) is 5.37. The lowest BCUT2D eigenvalue weighted by Crippen LogP contribution is -2.06. The highest BCUT2D eigenvalue weighted by atomic mass is 16.6. The zero-order valence-electron chi connectivity index (χ0n) is 9.95. The van der Waals surface area contributed by atoms with Gasteiger partial charge in [-0.3, -0.25) is 0 Å². The largest absolute Gasteiger partial charge is 0.390 e. The van der Waals surface area contributed by atoms with Crippen molar-refractivity contribution in [2.45, 2.75) is 33.3 Å². The topological polar surface area (TPSA) is 41.8 Å². The number of aryl methyl sites for hydroxylation is 3. The van der Waals surface area contributed by atoms with Crippen LogP contribution in [0.1, 0.15) is 34.8 Å². The van der Waals surface area contributed by atoms with E-state index < -0.39 is 0 Å². The molecule has 2 rings (SSSR count). The summed E-state index contributed by atoms with van der Waals surface area (Å²) >= 11 is 0. The van der Waals surface area contributed by atoms with E-state index in [-0.39, 0.29) is 12.7 Å². The molecule has 86 valence electrons. The first-order chi connectivity index (χ1) is 7.61. The Morgan fingerprint density at radius 2 is 1.94 bits per heavy atom. The van der Waals surface area contributed by atoms with Gasteiger partial charge in [-0.2, -0.15) is 0 Å². The molecule has 0 saturated carbocycles. The Hall–Kier alpha value is -1.35. The third kappa shape index (κ3) is 1.95. The maximum atomic E-state index is 9.00. The molecular weight excluding hydrogens is 202 g/mol. The molecule has 3 nitrogen and oxygen atoms in total. The number of hydrogen-bond donors (Lipinski definition) is 1. The molecule has 1 aliphatic heterocycles. The molecule has 0 spiro atoms. The third-order valence-corrected chi connectivity index (χ3v) is 2.97. The lowest BCUT2D eigenvalue weighted by Gasteiger charge is -2.15. The van der Waals surface area contributed by atoms with Crippen LogP contribution in [0.25, 0.3) is 0 Å². The fraction of sp³-hybridized carbons (Fsp3) is 0.462. The summed E-state index contributed by atoms with van der Waals surface area (Å²) in [7, 11) is 0. The predicted molar refractivity (Wildman–Crippen MR) is 63.6 cm³/mol. The van der Waals surface area contributed by atoms with Crippen molar-refractivity contribution >= 4 is 5.71 Å². The van der Waals surface area contributed by atoms with Crippen molar-refractivity contribution in [1.29, 1.82) is 0 Å². The van der Waals surface area contributed by atoms with Gasteiger partial charge in [0.05, 0.1) is 12.3 Å². The highest BCUT2D eigenvalue weighted by molar-refractivity contribution is 5.86. The van der Waals surface area contributed by atoms with Crippen molar-refractivity contribution in [2.75, 3.05) is 6.61 Å². The molecule has 0 aliphatic carbocycles. The summed E-state index contributed by atoms with van der Waals surface area (Å²) in [6.45, 7) is 6.26. The van der Waals surface area contributed by atoms with Gasteiger partial charge in [0.2, 0.25) is 0 Å². The molecule has 1 heterocycles. The van der Waals surface area contributed by atoms with Gasteiger partial charge in [-0.15, -0.1) is 0 Å². The number of oxime groups is 1. The normalized spacial score (nSPS) is 19.5. The van der Waals surface area contributed by atoms with Crippen LogP contribution in [0.5, 0.6) is 0 Å². The minimum atomic E-state index is -0.0252. The molecule has 0 bridgehead atoms. The van der Waals surface area contributed by atoms with Crippen LogP contribution in [-0.4, -0.2) is 17.4 Å². The summed E-state index contributed by atoms with van der Waals surface area (Å²) in [5.74, 6) is 0. The SMILES string of the molecule is Cc1cc(C)c(C2CC(CO)=NO2)c(C)c1. The first-order valence-electron chi connectivity index (χ1n) is 5.52. The molecule has 0 saturated heterocycles. The van der Waals surface area contributed by atoms with Gasteiger partial charge in [-0.25, -0.2) is 0 Å². The summed E-state index contributed by atoms with van der Waals surface area (Å²) in [5.41, 5.74) is 5.66. The standard InChI is InChI=1S/C13H17NO2/c1-8-4-9(2)13(10(3)5-8)12-6-11(7-15)14-16-12/h4-5,12,15H,6-7H2,1-3H3. The van der Waals surface area contributed by atoms with Crippen molar-refractivity contribution < 1.29 is 9.94 Å². The van der Waals surface area contributed by atoms with Crippen LogP contribution < -0.4 is 0 Å². The monoisotopic (exact) mass is 219 g/mol. The van der Waals surface area contributed by atoms with Gasteiger partial charge in [0.25, 0.3) is 0 Å². The van der Waals surface area contributed by atoms with Crippen molar-refractivity contribution in [1.82, 2.24) is 0 Å². The zero-order valence-corrected chi connectivity index (χ0v) is 9.95. The van der Waals surface area contributed by atoms with E-state index in [1.54, 1.807) is 0 Å². The van der Waals surface area contributed by atoms with E-state index in [1.807, 2.05) is 0 Å². The van der Waals surface area contributed by atoms with E-state index in [2.05, 4.69) is 38.1 Å². The van der Waals surface area contributed by atoms with Gasteiger partial charge in [0, 0.05) is 12.0 Å². The van der Waals surface area contributed by atoms with Crippen LogP contribution >= 0.6 is 0 Å². The van der Waals surface area contributed by atoms with Crippen LogP contribution in [0, 0.1) is 20.8 Å². The minimum Gasteiger partial charge on any atom is -0.390 e. The summed E-state index contributed by atoms with van der Waals surface area (Å²) < 4.78 is 0. The van der Waals surface area contributed by atoms with E-state index in [9.17, 15) is 0 Å². The van der Waals surface area contributed by atoms with E-state index in [1.165, 1.54) is 22.3 Å². The lowest BCUT2D eigenvalue weighted by molar-refractivity contribution is 0.0847. The Morgan fingerprint density at radius 1 is 1.31 bits per heavy atom. The van der Waals surface area contributed by atoms with E-state index >= 15 is 0 Å². The van der Waals surface area contributed by atoms with Crippen LogP contribution in [0.2, 0.25) is 0 Å². The molecule has 1 atom stereocenters. The van der Waals surface area contributed by atoms with E-state index in [4.69, 9.17) is 9.94 Å². The van der Waals surface area contributed by atoms with Gasteiger partial charge < -0.3 is 9.94 Å². The lowest BCUT2D eigenvalue weighted by atomic mass is 9.93. The highest BCUT2D eigenvalue weighted by Crippen LogP contribution is 2.32. The Kier molecular flexibility index (Phi) is 2.97. The molecule has 0 amide bonds. The molecule has 1 unspecified atom stereocenters. The maximum absolute atomic E-state index is 9.00. The Balaban J connectivity index is 2.29. The van der Waals surface area contributed by atoms with Crippen LogP contribution in [0.15, 0.2) is 17.3 Å². The molecule has 1 aromatic carbocycles. The van der Waals surface area contributed by atoms with Crippen LogP contribution in [0.4, 0.5) is 0 Å². The van der Waals surface area contributed by atoms with Crippen molar-refractivity contribution in [3.05, 3.63) is 34.4 Å². The average molecular weight is 219 g/mol. The molecule has 1 aromatic rings. The number of aliphatic hydroxyl groups excluding tert-OH is 1. The molecular formula is C13H17NO2. The molecule has 1 N–H and O–H groups in total. The second-order valence-corrected chi connectivity index (χ2v) is 4.43. The fourth-order valence-corrected chi connectivity index (χ4v) is 2.37. The summed E-state index contributed by atoms with van der Waals surface area (Å²) in [6.07, 6.45) is 0.670. The second kappa shape index (κ2) is 4.26. The smallest absolute Gasteiger partial charge is 0.158 e. The average Bonchev–Trinajstić information content (AvgIpc) is 2.64. The number of benzene rings is 1. The Bertz CT molecular complexity index is 415. The van der Waals surface area contributed by atoms with E-state index in [0.717, 1.165) is 5.71 Å². The van der Waals surface area contributed by atoms with Crippen molar-refractivity contribution in [3.63, 3.8) is 0 Å². The van der Waals surface area contributed by atoms with Gasteiger partial charge >= 0.3 is 0 Å². The molecule has 0 fully saturated rings. The quantitative estimate of drug-likeness (QED) is 0.830. The summed E-state index contributed by atoms with van der Waals surface area (Å²) in [5, 5.41) is 12.9. The van der Waals surface area contributed by atoms with E-state index in [0.29, 0.717) is 6.42 Å². The Morgan fingerprint density at radius 3 is 2.44 bits per heavy atom. The molecule has 16 heavy (non-hydrogen) atoms. The first-order valence-corrected chi connectivity index (χ1v) is 5.52. The van der Waals surface area contributed by atoms with Gasteiger partial charge in [-0.1, -0.05) is 22.9 Å². The van der Waals surface area contributed by atoms with Gasteiger partial charge in [0.1, 0.15) is 0 Å². The predicted octanol–water partition coefficient (Wildman–Crippen LogP) is 2.42. The summed E-state index contributed by atoms with van der Waals surface area (Å²) in [6, 6.07) is 4.31. The van der Waals surface area contributed by atoms with Crippen LogP contribution in [-0.2, 0) is 4.84 Å². The van der Waals surface area contributed by atoms with Crippen LogP contribution in [0.3, 0.4) is 0 Å². The zero-order chi connectivity index (χ0) is 11.7. The first kappa shape index (κ1) is 11.1. The highest BCUT2D eigenvalue weighted by Gasteiger charge is 2.25. The fourth-order valence-electron chi connectivity index (χ4n) is 2.37. The molecule has 0 radical (unpaired) electrons. The Labute approximate surface area is 95.7 Å². The number of nitrogens with zero attached hydrogens (tertiary/aromatic N) is 1. The molecule has 3 heteroatoms. The van der Waals surface area contributed by atoms with Gasteiger partial charge in [0.15, 0.2) is 6.10 Å². The molecule has 1 aliphatic rings. The van der Waals surface area contributed by atoms with Crippen molar-refractivity contribution in [3.8, 4) is 0 Å². The molecule has 0 aromatic heterocycles. The number of rotatable bonds is 2. The van der Waals surface area contributed by atoms with Crippen molar-refractivity contribution in [2.24, 2.45) is 5.16 Å². The second-order valence-electron chi connectivity index (χ2n) is 4.43. The number of hydrogen-bond acceptors (Lipinski definition) is 3. The van der Waals surface area contributed by atoms with Gasteiger partial charge in [-0.05, 0) is 31.9 Å². The minimum absolute atomic E-state index is 0.0134.